The van der Waals surface area contributed by atoms with Gasteiger partial charge < -0.3 is 18.8 Å². The topological polar surface area (TPSA) is 65.1 Å². The van der Waals surface area contributed by atoms with Gasteiger partial charge in [-0.2, -0.15) is 0 Å². The first-order valence-electron chi connectivity index (χ1n) is 11.3. The van der Waals surface area contributed by atoms with E-state index in [1.165, 1.54) is 0 Å². The van der Waals surface area contributed by atoms with Crippen LogP contribution in [0.15, 0.2) is 0 Å². The molecule has 7 heteroatoms. The molecule has 0 aromatic rings. The van der Waals surface area contributed by atoms with E-state index in [0.717, 1.165) is 0 Å². The zero-order valence-corrected chi connectivity index (χ0v) is 22.2. The number of rotatable bonds is 6. The summed E-state index contributed by atoms with van der Waals surface area (Å²) in [6, 6.07) is 0. The van der Waals surface area contributed by atoms with Crippen LogP contribution in [0, 0.1) is 11.3 Å². The summed E-state index contributed by atoms with van der Waals surface area (Å²) in [5.74, 6) is -0.196. The van der Waals surface area contributed by atoms with Gasteiger partial charge in [0.15, 0.2) is 8.32 Å². The molecular weight excluding hydrogens is 398 g/mol. The van der Waals surface area contributed by atoms with Crippen molar-refractivity contribution >= 4 is 20.4 Å². The van der Waals surface area contributed by atoms with Gasteiger partial charge in [-0.25, -0.2) is 4.79 Å². The number of amides is 1. The van der Waals surface area contributed by atoms with Gasteiger partial charge in [0.25, 0.3) is 0 Å². The monoisotopic (exact) mass is 443 g/mol. The number of likely N-dealkylation sites (tertiary alicyclic amines) is 1. The maximum absolute atomic E-state index is 13.1. The largest absolute Gasteiger partial charge is 0.466 e. The molecule has 0 aromatic heterocycles. The fourth-order valence-electron chi connectivity index (χ4n) is 3.73. The van der Waals surface area contributed by atoms with Crippen LogP contribution in [0.3, 0.4) is 0 Å². The Balaban J connectivity index is 3.03. The van der Waals surface area contributed by atoms with Crippen molar-refractivity contribution in [2.24, 2.45) is 11.3 Å². The van der Waals surface area contributed by atoms with Crippen molar-refractivity contribution in [1.29, 1.82) is 0 Å². The highest BCUT2D eigenvalue weighted by Gasteiger charge is 2.51. The summed E-state index contributed by atoms with van der Waals surface area (Å²) in [6.07, 6.45) is 0.705. The highest BCUT2D eigenvalue weighted by molar-refractivity contribution is 6.74. The van der Waals surface area contributed by atoms with Gasteiger partial charge in [0.1, 0.15) is 5.60 Å². The molecule has 1 saturated heterocycles. The average Bonchev–Trinajstić information content (AvgIpc) is 2.58. The molecule has 0 radical (unpaired) electrons. The highest BCUT2D eigenvalue weighted by atomic mass is 28.4. The van der Waals surface area contributed by atoms with E-state index in [1.807, 2.05) is 27.7 Å². The van der Waals surface area contributed by atoms with E-state index in [4.69, 9.17) is 13.9 Å². The van der Waals surface area contributed by atoms with E-state index in [-0.39, 0.29) is 29.1 Å². The molecule has 176 valence electrons. The molecule has 1 aliphatic heterocycles. The normalized spacial score (nSPS) is 19.8. The maximum Gasteiger partial charge on any atom is 0.410 e. The zero-order valence-electron chi connectivity index (χ0n) is 21.2. The summed E-state index contributed by atoms with van der Waals surface area (Å²) >= 11 is 0. The summed E-state index contributed by atoms with van der Waals surface area (Å²) in [5.41, 5.74) is -1.19. The van der Waals surface area contributed by atoms with Gasteiger partial charge in [0.2, 0.25) is 0 Å². The SMILES string of the molecule is CCOC(=O)C1([C@H](C)C(C)O[Si](C)(C)C(C)(C)C)CCN(C(=O)OC(C)(C)C)CC1. The van der Waals surface area contributed by atoms with E-state index in [9.17, 15) is 9.59 Å². The van der Waals surface area contributed by atoms with Crippen molar-refractivity contribution in [2.75, 3.05) is 19.7 Å². The Bertz CT molecular complexity index is 598. The van der Waals surface area contributed by atoms with Crippen LogP contribution in [0.25, 0.3) is 0 Å². The molecule has 1 unspecified atom stereocenters. The molecule has 0 aromatic carbocycles. The molecular formula is C23H45NO5Si. The molecule has 0 aliphatic carbocycles. The lowest BCUT2D eigenvalue weighted by Gasteiger charge is -2.47. The molecule has 30 heavy (non-hydrogen) atoms. The quantitative estimate of drug-likeness (QED) is 0.394. The Morgan fingerprint density at radius 2 is 1.53 bits per heavy atom. The predicted octanol–water partition coefficient (Wildman–Crippen LogP) is 5.61. The fraction of sp³-hybridized carbons (Fsp3) is 0.913. The molecule has 0 spiro atoms. The standard InChI is InChI=1S/C23H45NO5Si/c1-12-27-19(25)23(17(2)18(3)29-30(10,11)22(7,8)9)13-15-24(16-14-23)20(26)28-21(4,5)6/h17-18H,12-16H2,1-11H3/t17-,18?/m1/s1. The van der Waals surface area contributed by atoms with E-state index < -0.39 is 19.3 Å². The van der Waals surface area contributed by atoms with Gasteiger partial charge in [0, 0.05) is 19.2 Å². The summed E-state index contributed by atoms with van der Waals surface area (Å²) in [7, 11) is -1.98. The first-order valence-corrected chi connectivity index (χ1v) is 14.2. The minimum Gasteiger partial charge on any atom is -0.466 e. The number of carbonyl (C=O) groups is 2. The number of esters is 1. The number of nitrogens with zero attached hydrogens (tertiary/aromatic N) is 1. The number of carbonyl (C=O) groups excluding carboxylic acids is 2. The maximum atomic E-state index is 13.1. The number of hydrogen-bond acceptors (Lipinski definition) is 5. The summed E-state index contributed by atoms with van der Waals surface area (Å²) < 4.78 is 17.7. The molecule has 1 aliphatic rings. The second kappa shape index (κ2) is 9.59. The van der Waals surface area contributed by atoms with Crippen molar-refractivity contribution in [3.63, 3.8) is 0 Å². The Labute approximate surface area is 185 Å². The van der Waals surface area contributed by atoms with Crippen LogP contribution in [0.1, 0.15) is 75.2 Å². The predicted molar refractivity (Wildman–Crippen MR) is 123 cm³/mol. The lowest BCUT2D eigenvalue weighted by Crippen LogP contribution is -2.54. The summed E-state index contributed by atoms with van der Waals surface area (Å²) in [6.45, 7) is 24.0. The van der Waals surface area contributed by atoms with Crippen molar-refractivity contribution < 1.29 is 23.5 Å². The third-order valence-corrected chi connectivity index (χ3v) is 11.4. The minimum atomic E-state index is -1.98. The lowest BCUT2D eigenvalue weighted by molar-refractivity contribution is -0.165. The average molecular weight is 444 g/mol. The lowest BCUT2D eigenvalue weighted by atomic mass is 9.67. The van der Waals surface area contributed by atoms with Gasteiger partial charge in [-0.3, -0.25) is 4.79 Å². The summed E-state index contributed by atoms with van der Waals surface area (Å²) in [5, 5.41) is 0.0954. The van der Waals surface area contributed by atoms with Crippen molar-refractivity contribution in [3.8, 4) is 0 Å². The molecule has 2 atom stereocenters. The third-order valence-electron chi connectivity index (χ3n) is 6.85. The minimum absolute atomic E-state index is 0.0218. The van der Waals surface area contributed by atoms with E-state index >= 15 is 0 Å². The molecule has 0 saturated carbocycles. The van der Waals surface area contributed by atoms with Gasteiger partial charge >= 0.3 is 12.1 Å². The van der Waals surface area contributed by atoms with Gasteiger partial charge in [0.05, 0.1) is 12.0 Å². The van der Waals surface area contributed by atoms with Crippen LogP contribution < -0.4 is 0 Å². The van der Waals surface area contributed by atoms with Gasteiger partial charge in [-0.05, 0) is 71.5 Å². The fourth-order valence-corrected chi connectivity index (χ4v) is 5.21. The molecule has 1 fully saturated rings. The Kier molecular flexibility index (Phi) is 8.62. The van der Waals surface area contributed by atoms with Crippen LogP contribution in [-0.4, -0.2) is 56.7 Å². The molecule has 0 N–H and O–H groups in total. The molecule has 0 bridgehead atoms. The molecule has 1 rings (SSSR count). The van der Waals surface area contributed by atoms with E-state index in [1.54, 1.807) is 4.90 Å². The first-order chi connectivity index (χ1) is 13.5. The number of ether oxygens (including phenoxy) is 2. The Morgan fingerprint density at radius 1 is 1.03 bits per heavy atom. The van der Waals surface area contributed by atoms with Crippen LogP contribution in [-0.2, 0) is 18.7 Å². The van der Waals surface area contributed by atoms with Crippen LogP contribution in [0.2, 0.25) is 18.1 Å². The Morgan fingerprint density at radius 3 is 1.93 bits per heavy atom. The Hall–Kier alpha value is -1.08. The van der Waals surface area contributed by atoms with E-state index in [2.05, 4.69) is 47.7 Å². The smallest absolute Gasteiger partial charge is 0.410 e. The summed E-state index contributed by atoms with van der Waals surface area (Å²) in [4.78, 5) is 27.3. The molecule has 1 heterocycles. The second-order valence-corrected chi connectivity index (χ2v) is 16.0. The first kappa shape index (κ1) is 27.0. The highest BCUT2D eigenvalue weighted by Crippen LogP contribution is 2.45. The molecule has 1 amide bonds. The number of piperidine rings is 1. The van der Waals surface area contributed by atoms with Crippen LogP contribution in [0.5, 0.6) is 0 Å². The molecule has 6 nitrogen and oxygen atoms in total. The van der Waals surface area contributed by atoms with Gasteiger partial charge in [-0.15, -0.1) is 0 Å². The second-order valence-electron chi connectivity index (χ2n) is 11.2. The number of hydrogen-bond donors (Lipinski definition) is 0. The van der Waals surface area contributed by atoms with Crippen molar-refractivity contribution in [2.45, 2.75) is 105 Å². The van der Waals surface area contributed by atoms with Crippen molar-refractivity contribution in [1.82, 2.24) is 4.90 Å². The third kappa shape index (κ3) is 6.46. The van der Waals surface area contributed by atoms with Crippen LogP contribution >= 0.6 is 0 Å². The van der Waals surface area contributed by atoms with Crippen molar-refractivity contribution in [3.05, 3.63) is 0 Å². The van der Waals surface area contributed by atoms with Crippen LogP contribution in [0.4, 0.5) is 4.79 Å². The van der Waals surface area contributed by atoms with E-state index in [0.29, 0.717) is 32.5 Å². The zero-order chi connectivity index (χ0) is 23.5. The van der Waals surface area contributed by atoms with Gasteiger partial charge in [-0.1, -0.05) is 27.7 Å².